The lowest BCUT2D eigenvalue weighted by Gasteiger charge is -2.35. The largest absolute Gasteiger partial charge is 0.455 e. The fourth-order valence-corrected chi connectivity index (χ4v) is 6.90. The van der Waals surface area contributed by atoms with Gasteiger partial charge in [0.1, 0.15) is 18.2 Å². The van der Waals surface area contributed by atoms with Crippen LogP contribution in [0.25, 0.3) is 44.3 Å². The molecule has 36 heavy (non-hydrogen) atoms. The van der Waals surface area contributed by atoms with Crippen LogP contribution < -0.4 is 4.57 Å². The van der Waals surface area contributed by atoms with Crippen LogP contribution in [0.15, 0.2) is 77.3 Å². The van der Waals surface area contributed by atoms with E-state index in [0.717, 1.165) is 24.0 Å². The van der Waals surface area contributed by atoms with Crippen molar-refractivity contribution >= 4 is 21.9 Å². The van der Waals surface area contributed by atoms with Crippen LogP contribution in [0, 0.1) is 18.8 Å². The molecule has 0 amide bonds. The molecule has 3 aromatic carbocycles. The average Bonchev–Trinajstić information content (AvgIpc) is 3.31. The molecule has 0 unspecified atom stereocenters. The summed E-state index contributed by atoms with van der Waals surface area (Å²) in [5.74, 6) is 1.20. The molecule has 2 aromatic heterocycles. The Bertz CT molecular complexity index is 1610. The second-order valence-electron chi connectivity index (χ2n) is 11.7. The van der Waals surface area contributed by atoms with Gasteiger partial charge in [0.15, 0.2) is 6.20 Å². The minimum Gasteiger partial charge on any atom is -0.455 e. The number of hydrogen-bond donors (Lipinski definition) is 0. The van der Waals surface area contributed by atoms with E-state index >= 15 is 0 Å². The van der Waals surface area contributed by atoms with Crippen molar-refractivity contribution in [3.8, 4) is 22.4 Å². The maximum atomic E-state index is 6.79. The first kappa shape index (κ1) is 23.0. The van der Waals surface area contributed by atoms with E-state index in [0.29, 0.717) is 11.8 Å². The summed E-state index contributed by atoms with van der Waals surface area (Å²) in [5.41, 5.74) is 11.3. The Morgan fingerprint density at radius 1 is 0.778 bits per heavy atom. The highest BCUT2D eigenvalue weighted by Gasteiger charge is 2.44. The summed E-state index contributed by atoms with van der Waals surface area (Å²) in [6.07, 6.45) is 4.39. The SMILES string of the molecule is Cc1ccc2c(oc3cc4c(cc32)-c2ccccc2C4(CC(C)C)CC(C)C)c1-c1cccc[n+]1C. The first-order valence-electron chi connectivity index (χ1n) is 13.4. The molecular weight excluding hydrogens is 438 g/mol. The fourth-order valence-electron chi connectivity index (χ4n) is 6.90. The van der Waals surface area contributed by atoms with Crippen LogP contribution in [-0.4, -0.2) is 0 Å². The van der Waals surface area contributed by atoms with Gasteiger partial charge in [0.2, 0.25) is 5.69 Å². The molecule has 1 aliphatic carbocycles. The molecule has 0 radical (unpaired) electrons. The number of aryl methyl sites for hydroxylation is 2. The number of pyridine rings is 1. The normalized spacial score (nSPS) is 14.2. The molecule has 0 spiro atoms. The van der Waals surface area contributed by atoms with Crippen molar-refractivity contribution < 1.29 is 8.98 Å². The van der Waals surface area contributed by atoms with Crippen LogP contribution in [-0.2, 0) is 12.5 Å². The van der Waals surface area contributed by atoms with Gasteiger partial charge in [0.05, 0.1) is 5.56 Å². The Labute approximate surface area is 214 Å². The third-order valence-corrected chi connectivity index (χ3v) is 8.06. The highest BCUT2D eigenvalue weighted by atomic mass is 16.3. The maximum absolute atomic E-state index is 6.79. The summed E-state index contributed by atoms with van der Waals surface area (Å²) >= 11 is 0. The summed E-state index contributed by atoms with van der Waals surface area (Å²) in [6, 6.07) is 24.8. The van der Waals surface area contributed by atoms with Crippen LogP contribution in [0.1, 0.15) is 57.2 Å². The van der Waals surface area contributed by atoms with E-state index in [1.165, 1.54) is 49.8 Å². The van der Waals surface area contributed by atoms with Crippen LogP contribution in [0.3, 0.4) is 0 Å². The topological polar surface area (TPSA) is 17.0 Å². The number of furan rings is 1. The number of benzene rings is 3. The molecule has 0 aliphatic heterocycles. The zero-order chi connectivity index (χ0) is 25.2. The number of hydrogen-bond acceptors (Lipinski definition) is 1. The molecule has 2 nitrogen and oxygen atoms in total. The molecule has 0 atom stereocenters. The predicted molar refractivity (Wildman–Crippen MR) is 150 cm³/mol. The van der Waals surface area contributed by atoms with Crippen LogP contribution >= 0.6 is 0 Å². The Morgan fingerprint density at radius 2 is 1.50 bits per heavy atom. The minimum atomic E-state index is 0.0199. The Kier molecular flexibility index (Phi) is 5.33. The third-order valence-electron chi connectivity index (χ3n) is 8.06. The lowest BCUT2D eigenvalue weighted by molar-refractivity contribution is -0.660. The predicted octanol–water partition coefficient (Wildman–Crippen LogP) is 8.74. The minimum absolute atomic E-state index is 0.0199. The monoisotopic (exact) mass is 474 g/mol. The molecule has 0 fully saturated rings. The standard InChI is InChI=1S/C34H36NO/c1-21(2)19-34(20-22(3)4)28-12-8-7-11-24(28)26-17-27-25-15-14-23(5)32(30-13-9-10-16-35(30)6)33(25)36-31(27)18-29(26)34/h7-18,21-22H,19-20H2,1-6H3/q+1. The lowest BCUT2D eigenvalue weighted by Crippen LogP contribution is -2.30. The Hall–Kier alpha value is -3.39. The summed E-state index contributed by atoms with van der Waals surface area (Å²) in [4.78, 5) is 0. The number of aromatic nitrogens is 1. The van der Waals surface area contributed by atoms with Gasteiger partial charge in [0, 0.05) is 28.3 Å². The van der Waals surface area contributed by atoms with Crippen LogP contribution in [0.5, 0.6) is 0 Å². The van der Waals surface area contributed by atoms with E-state index in [1.54, 1.807) is 0 Å². The van der Waals surface area contributed by atoms with Crippen molar-refractivity contribution in [1.82, 2.24) is 0 Å². The van der Waals surface area contributed by atoms with Gasteiger partial charge in [-0.3, -0.25) is 0 Å². The molecule has 2 heteroatoms. The van der Waals surface area contributed by atoms with Crippen LogP contribution in [0.4, 0.5) is 0 Å². The molecule has 0 bridgehead atoms. The van der Waals surface area contributed by atoms with Gasteiger partial charge in [-0.05, 0) is 77.6 Å². The molecule has 182 valence electrons. The van der Waals surface area contributed by atoms with Gasteiger partial charge in [-0.15, -0.1) is 0 Å². The Morgan fingerprint density at radius 3 is 2.22 bits per heavy atom. The van der Waals surface area contributed by atoms with Crippen molar-refractivity contribution in [3.63, 3.8) is 0 Å². The molecule has 1 aliphatic rings. The first-order chi connectivity index (χ1) is 17.3. The van der Waals surface area contributed by atoms with Crippen LogP contribution in [0.2, 0.25) is 0 Å². The molecule has 0 saturated heterocycles. The summed E-state index contributed by atoms with van der Waals surface area (Å²) in [7, 11) is 2.11. The molecule has 6 rings (SSSR count). The maximum Gasteiger partial charge on any atom is 0.216 e. The van der Waals surface area contributed by atoms with Gasteiger partial charge in [0.25, 0.3) is 0 Å². The molecule has 0 N–H and O–H groups in total. The molecule has 5 aromatic rings. The van der Waals surface area contributed by atoms with Crippen molar-refractivity contribution in [3.05, 3.63) is 89.6 Å². The number of fused-ring (bicyclic) bond motifs is 6. The van der Waals surface area contributed by atoms with Crippen molar-refractivity contribution in [2.45, 2.75) is 52.9 Å². The van der Waals surface area contributed by atoms with Crippen molar-refractivity contribution in [2.24, 2.45) is 18.9 Å². The second kappa shape index (κ2) is 8.34. The first-order valence-corrected chi connectivity index (χ1v) is 13.4. The zero-order valence-corrected chi connectivity index (χ0v) is 22.4. The van der Waals surface area contributed by atoms with E-state index in [4.69, 9.17) is 4.42 Å². The summed E-state index contributed by atoms with van der Waals surface area (Å²) < 4.78 is 8.97. The third kappa shape index (κ3) is 3.34. The van der Waals surface area contributed by atoms with E-state index in [1.807, 2.05) is 0 Å². The fraction of sp³-hybridized carbons (Fsp3) is 0.324. The molecular formula is C34H36NO+. The van der Waals surface area contributed by atoms with Crippen molar-refractivity contribution in [1.29, 1.82) is 0 Å². The molecule has 2 heterocycles. The van der Waals surface area contributed by atoms with Gasteiger partial charge in [-0.1, -0.05) is 64.1 Å². The van der Waals surface area contributed by atoms with Gasteiger partial charge >= 0.3 is 0 Å². The smallest absolute Gasteiger partial charge is 0.216 e. The van der Waals surface area contributed by atoms with Gasteiger partial charge < -0.3 is 4.42 Å². The highest BCUT2D eigenvalue weighted by Crippen LogP contribution is 2.56. The number of nitrogens with zero attached hydrogens (tertiary/aromatic N) is 1. The van der Waals surface area contributed by atoms with E-state index in [2.05, 4.69) is 119 Å². The molecule has 0 saturated carbocycles. The van der Waals surface area contributed by atoms with Gasteiger partial charge in [-0.25, -0.2) is 4.57 Å². The van der Waals surface area contributed by atoms with E-state index in [9.17, 15) is 0 Å². The zero-order valence-electron chi connectivity index (χ0n) is 22.4. The van der Waals surface area contributed by atoms with Crippen molar-refractivity contribution in [2.75, 3.05) is 0 Å². The van der Waals surface area contributed by atoms with Gasteiger partial charge in [-0.2, -0.15) is 0 Å². The summed E-state index contributed by atoms with van der Waals surface area (Å²) in [6.45, 7) is 11.6. The second-order valence-corrected chi connectivity index (χ2v) is 11.7. The van der Waals surface area contributed by atoms with E-state index in [-0.39, 0.29) is 5.41 Å². The summed E-state index contributed by atoms with van der Waals surface area (Å²) in [5, 5.41) is 2.41. The average molecular weight is 475 g/mol. The highest BCUT2D eigenvalue weighted by molar-refractivity contribution is 6.11. The Balaban J connectivity index is 1.68. The van der Waals surface area contributed by atoms with E-state index < -0.39 is 0 Å². The number of rotatable bonds is 5. The quantitative estimate of drug-likeness (QED) is 0.233. The lowest BCUT2D eigenvalue weighted by atomic mass is 9.68.